The van der Waals surface area contributed by atoms with Crippen LogP contribution in [0.2, 0.25) is 0 Å². The third kappa shape index (κ3) is 3.25. The Hall–Kier alpha value is -0.440. The molecule has 11 heteroatoms. The van der Waals surface area contributed by atoms with Gasteiger partial charge >= 0.3 is 0 Å². The molecular formula is C11H20O11. The molecule has 0 aromatic rings. The van der Waals surface area contributed by atoms with Crippen molar-refractivity contribution >= 4 is 0 Å². The van der Waals surface area contributed by atoms with Crippen LogP contribution in [0.25, 0.3) is 0 Å². The van der Waals surface area contributed by atoms with Crippen molar-refractivity contribution in [2.45, 2.75) is 61.6 Å². The summed E-state index contributed by atoms with van der Waals surface area (Å²) >= 11 is 0. The van der Waals surface area contributed by atoms with E-state index in [2.05, 4.69) is 0 Å². The second kappa shape index (κ2) is 6.98. The number of ether oxygens (including phenoxy) is 3. The Morgan fingerprint density at radius 3 is 1.91 bits per heavy atom. The number of aliphatic hydroxyl groups excluding tert-OH is 8. The predicted octanol–water partition coefficient (Wildman–Crippen LogP) is -5.44. The van der Waals surface area contributed by atoms with Gasteiger partial charge in [0.05, 0.1) is 6.61 Å². The van der Waals surface area contributed by atoms with Gasteiger partial charge in [-0.2, -0.15) is 0 Å². The van der Waals surface area contributed by atoms with Crippen molar-refractivity contribution in [3.05, 3.63) is 0 Å². The van der Waals surface area contributed by atoms with Crippen molar-refractivity contribution in [2.75, 3.05) is 6.61 Å². The van der Waals surface area contributed by atoms with Crippen LogP contribution in [0.4, 0.5) is 0 Å². The summed E-state index contributed by atoms with van der Waals surface area (Å²) in [5, 5.41) is 76.2. The molecule has 1 unspecified atom stereocenters. The van der Waals surface area contributed by atoms with Crippen LogP contribution in [-0.4, -0.2) is 109 Å². The monoisotopic (exact) mass is 328 g/mol. The summed E-state index contributed by atoms with van der Waals surface area (Å²) in [6, 6.07) is 0. The van der Waals surface area contributed by atoms with E-state index in [0.29, 0.717) is 0 Å². The smallest absolute Gasteiger partial charge is 0.189 e. The maximum Gasteiger partial charge on any atom is 0.189 e. The molecule has 2 saturated heterocycles. The normalized spacial score (nSPS) is 53.5. The van der Waals surface area contributed by atoms with Crippen LogP contribution in [0.3, 0.4) is 0 Å². The average molecular weight is 328 g/mol. The first-order valence-electron chi connectivity index (χ1n) is 6.61. The van der Waals surface area contributed by atoms with Crippen molar-refractivity contribution in [3.63, 3.8) is 0 Å². The Bertz CT molecular complexity index is 368. The van der Waals surface area contributed by atoms with Crippen molar-refractivity contribution in [3.8, 4) is 0 Å². The first-order valence-corrected chi connectivity index (χ1v) is 6.61. The van der Waals surface area contributed by atoms with E-state index in [4.69, 9.17) is 19.3 Å². The molecule has 0 saturated carbocycles. The summed E-state index contributed by atoms with van der Waals surface area (Å²) in [4.78, 5) is 0. The summed E-state index contributed by atoms with van der Waals surface area (Å²) in [5.74, 6) is 0. The van der Waals surface area contributed by atoms with Crippen molar-refractivity contribution in [2.24, 2.45) is 0 Å². The highest BCUT2D eigenvalue weighted by Gasteiger charge is 2.49. The van der Waals surface area contributed by atoms with Gasteiger partial charge in [-0.15, -0.1) is 0 Å². The summed E-state index contributed by atoms with van der Waals surface area (Å²) < 4.78 is 14.6. The first kappa shape index (κ1) is 17.9. The molecule has 11 nitrogen and oxygen atoms in total. The van der Waals surface area contributed by atoms with Gasteiger partial charge in [-0.3, -0.25) is 0 Å². The van der Waals surface area contributed by atoms with Gasteiger partial charge < -0.3 is 55.1 Å². The van der Waals surface area contributed by atoms with Gasteiger partial charge in [-0.25, -0.2) is 0 Å². The molecule has 0 aliphatic carbocycles. The Balaban J connectivity index is 2.06. The second-order valence-corrected chi connectivity index (χ2v) is 5.20. The second-order valence-electron chi connectivity index (χ2n) is 5.20. The molecule has 0 amide bonds. The molecule has 0 aromatic heterocycles. The van der Waals surface area contributed by atoms with E-state index >= 15 is 0 Å². The molecule has 2 heterocycles. The SMILES string of the molecule is OC[C@H]1OC(O)[C@H](O[C@H]2O[C@H](O)[C@@H](O)[C@@H](O)[C@@H]2O)[C@@H](O)[C@H]1O. The van der Waals surface area contributed by atoms with Crippen LogP contribution in [0.1, 0.15) is 0 Å². The highest BCUT2D eigenvalue weighted by atomic mass is 16.8. The van der Waals surface area contributed by atoms with E-state index in [-0.39, 0.29) is 0 Å². The lowest BCUT2D eigenvalue weighted by Crippen LogP contribution is -2.63. The molecule has 8 N–H and O–H groups in total. The number of hydrogen-bond acceptors (Lipinski definition) is 11. The molecular weight excluding hydrogens is 308 g/mol. The van der Waals surface area contributed by atoms with Crippen LogP contribution in [-0.2, 0) is 14.2 Å². The number of aliphatic hydroxyl groups is 8. The zero-order chi connectivity index (χ0) is 16.6. The van der Waals surface area contributed by atoms with Crippen LogP contribution < -0.4 is 0 Å². The Morgan fingerprint density at radius 1 is 0.682 bits per heavy atom. The molecule has 2 rings (SSSR count). The zero-order valence-corrected chi connectivity index (χ0v) is 11.3. The summed E-state index contributed by atoms with van der Waals surface area (Å²) in [5.41, 5.74) is 0. The van der Waals surface area contributed by atoms with Crippen LogP contribution in [0.5, 0.6) is 0 Å². The van der Waals surface area contributed by atoms with Gasteiger partial charge in [0.1, 0.15) is 42.7 Å². The third-order valence-electron chi connectivity index (χ3n) is 3.68. The summed E-state index contributed by atoms with van der Waals surface area (Å²) in [7, 11) is 0. The van der Waals surface area contributed by atoms with E-state index in [0.717, 1.165) is 0 Å². The lowest BCUT2D eigenvalue weighted by atomic mass is 9.98. The molecule has 2 fully saturated rings. The van der Waals surface area contributed by atoms with Crippen molar-refractivity contribution < 1.29 is 55.1 Å². The Labute approximate surface area is 124 Å². The maximum absolute atomic E-state index is 9.87. The van der Waals surface area contributed by atoms with Gasteiger partial charge in [0.2, 0.25) is 0 Å². The van der Waals surface area contributed by atoms with E-state index in [1.54, 1.807) is 0 Å². The minimum Gasteiger partial charge on any atom is -0.394 e. The van der Waals surface area contributed by atoms with Gasteiger partial charge in [0.25, 0.3) is 0 Å². The first-order chi connectivity index (χ1) is 10.3. The molecule has 2 aliphatic rings. The fraction of sp³-hybridized carbons (Fsp3) is 1.00. The summed E-state index contributed by atoms with van der Waals surface area (Å²) in [6.45, 7) is -0.659. The summed E-state index contributed by atoms with van der Waals surface area (Å²) in [6.07, 6.45) is -16.8. The quantitative estimate of drug-likeness (QED) is 0.247. The molecule has 0 aromatic carbocycles. The Morgan fingerprint density at radius 2 is 1.32 bits per heavy atom. The molecule has 0 bridgehead atoms. The largest absolute Gasteiger partial charge is 0.394 e. The van der Waals surface area contributed by atoms with E-state index in [1.807, 2.05) is 0 Å². The van der Waals surface area contributed by atoms with E-state index in [9.17, 15) is 35.7 Å². The average Bonchev–Trinajstić information content (AvgIpc) is 2.49. The molecule has 22 heavy (non-hydrogen) atoms. The van der Waals surface area contributed by atoms with Crippen molar-refractivity contribution in [1.29, 1.82) is 0 Å². The predicted molar refractivity (Wildman–Crippen MR) is 63.8 cm³/mol. The van der Waals surface area contributed by atoms with Gasteiger partial charge in [-0.1, -0.05) is 0 Å². The van der Waals surface area contributed by atoms with Crippen LogP contribution in [0.15, 0.2) is 0 Å². The molecule has 2 aliphatic heterocycles. The topological polar surface area (TPSA) is 190 Å². The third-order valence-corrected chi connectivity index (χ3v) is 3.68. The van der Waals surface area contributed by atoms with Gasteiger partial charge in [0, 0.05) is 0 Å². The van der Waals surface area contributed by atoms with Crippen molar-refractivity contribution in [1.82, 2.24) is 0 Å². The highest BCUT2D eigenvalue weighted by Crippen LogP contribution is 2.27. The standard InChI is InChI=1S/C11H20O11/c12-1-2-3(13)5(15)8(10(19)20-2)21-11-7(17)4(14)6(16)9(18)22-11/h2-19H,1H2/t2-,3+,4-,5+,6+,7+,8-,9+,10?,11+/m1/s1. The van der Waals surface area contributed by atoms with Gasteiger partial charge in [0.15, 0.2) is 18.9 Å². The lowest BCUT2D eigenvalue weighted by Gasteiger charge is -2.44. The fourth-order valence-electron chi connectivity index (χ4n) is 2.32. The number of rotatable bonds is 3. The minimum atomic E-state index is -1.86. The molecule has 130 valence electrons. The maximum atomic E-state index is 9.87. The molecule has 0 spiro atoms. The zero-order valence-electron chi connectivity index (χ0n) is 11.3. The Kier molecular flexibility index (Phi) is 5.68. The fourth-order valence-corrected chi connectivity index (χ4v) is 2.32. The van der Waals surface area contributed by atoms with Crippen LogP contribution >= 0.6 is 0 Å². The van der Waals surface area contributed by atoms with Gasteiger partial charge in [-0.05, 0) is 0 Å². The molecule has 0 radical (unpaired) electrons. The van der Waals surface area contributed by atoms with Crippen LogP contribution in [0, 0.1) is 0 Å². The highest BCUT2D eigenvalue weighted by molar-refractivity contribution is 4.91. The molecule has 10 atom stereocenters. The lowest BCUT2D eigenvalue weighted by molar-refractivity contribution is -0.381. The van der Waals surface area contributed by atoms with E-state index in [1.165, 1.54) is 0 Å². The minimum absolute atomic E-state index is 0.659. The van der Waals surface area contributed by atoms with E-state index < -0.39 is 68.2 Å². The number of hydrogen-bond donors (Lipinski definition) is 8.